The molecule has 2 N–H and O–H groups in total. The molecule has 0 aromatic heterocycles. The third-order valence-corrected chi connectivity index (χ3v) is 6.30. The maximum Gasteiger partial charge on any atom is 0.333 e. The number of fused-ring (bicyclic) bond motifs is 2. The number of aliphatic carboxylic acids is 1. The van der Waals surface area contributed by atoms with Crippen LogP contribution in [0, 0.1) is 0 Å². The fraction of sp³-hybridized carbons (Fsp3) is 0.345. The maximum atomic E-state index is 11.3. The molecule has 2 atom stereocenters. The summed E-state index contributed by atoms with van der Waals surface area (Å²) in [6, 6.07) is 16.3. The van der Waals surface area contributed by atoms with Gasteiger partial charge in [0.2, 0.25) is 0 Å². The molecule has 34 heavy (non-hydrogen) atoms. The van der Waals surface area contributed by atoms with Crippen LogP contribution in [0.15, 0.2) is 78.4 Å². The van der Waals surface area contributed by atoms with Crippen LogP contribution in [-0.2, 0) is 16.0 Å². The summed E-state index contributed by atoms with van der Waals surface area (Å²) in [6.07, 6.45) is 10.8. The van der Waals surface area contributed by atoms with Crippen LogP contribution in [0.25, 0.3) is 5.57 Å². The van der Waals surface area contributed by atoms with Crippen LogP contribution in [0.1, 0.15) is 42.4 Å². The first-order chi connectivity index (χ1) is 16.7. The number of hydrogen-bond acceptors (Lipinski definition) is 4. The quantitative estimate of drug-likeness (QED) is 0.455. The number of carbonyl (C=O) groups is 1. The minimum atomic E-state index is -0.938. The Morgan fingerprint density at radius 1 is 1.15 bits per heavy atom. The van der Waals surface area contributed by atoms with Gasteiger partial charge in [0.25, 0.3) is 0 Å². The van der Waals surface area contributed by atoms with Gasteiger partial charge in [-0.15, -0.1) is 0 Å². The maximum absolute atomic E-state index is 11.3. The molecule has 0 radical (unpaired) electrons. The fourth-order valence-corrected chi connectivity index (χ4v) is 4.58. The van der Waals surface area contributed by atoms with E-state index in [4.69, 9.17) is 9.47 Å². The van der Waals surface area contributed by atoms with E-state index in [9.17, 15) is 9.90 Å². The number of ether oxygens (including phenoxy) is 2. The van der Waals surface area contributed by atoms with E-state index in [-0.39, 0.29) is 0 Å². The molecule has 0 saturated heterocycles. The number of carboxylic acids is 1. The van der Waals surface area contributed by atoms with E-state index in [0.29, 0.717) is 25.6 Å². The van der Waals surface area contributed by atoms with Crippen molar-refractivity contribution in [3.8, 4) is 5.75 Å². The zero-order valence-electron chi connectivity index (χ0n) is 19.7. The summed E-state index contributed by atoms with van der Waals surface area (Å²) in [5, 5.41) is 12.8. The zero-order chi connectivity index (χ0) is 23.8. The molecule has 2 aliphatic rings. The average molecular weight is 460 g/mol. The highest BCUT2D eigenvalue weighted by Gasteiger charge is 2.20. The van der Waals surface area contributed by atoms with Gasteiger partial charge in [0, 0.05) is 32.0 Å². The molecule has 0 aliphatic heterocycles. The molecule has 0 bridgehead atoms. The molecule has 2 aromatic rings. The lowest BCUT2D eigenvalue weighted by atomic mass is 9.87. The van der Waals surface area contributed by atoms with E-state index in [2.05, 4.69) is 53.9 Å². The zero-order valence-corrected chi connectivity index (χ0v) is 19.7. The highest BCUT2D eigenvalue weighted by Crippen LogP contribution is 2.37. The van der Waals surface area contributed by atoms with Gasteiger partial charge in [0.15, 0.2) is 6.10 Å². The summed E-state index contributed by atoms with van der Waals surface area (Å²) in [7, 11) is 0. The van der Waals surface area contributed by atoms with Crippen molar-refractivity contribution in [1.29, 1.82) is 0 Å². The molecule has 5 nitrogen and oxygen atoms in total. The predicted octanol–water partition coefficient (Wildman–Crippen LogP) is 5.14. The summed E-state index contributed by atoms with van der Waals surface area (Å²) >= 11 is 0. The molecule has 2 aromatic carbocycles. The Labute approximate surface area is 201 Å². The van der Waals surface area contributed by atoms with Crippen molar-refractivity contribution in [2.45, 2.75) is 38.2 Å². The smallest absolute Gasteiger partial charge is 0.333 e. The van der Waals surface area contributed by atoms with Gasteiger partial charge in [-0.05, 0) is 59.7 Å². The predicted molar refractivity (Wildman–Crippen MR) is 135 cm³/mol. The van der Waals surface area contributed by atoms with Crippen LogP contribution in [-0.4, -0.2) is 43.5 Å². The van der Waals surface area contributed by atoms with E-state index in [1.54, 1.807) is 6.92 Å². The Kier molecular flexibility index (Phi) is 8.34. The normalized spacial score (nSPS) is 17.6. The van der Waals surface area contributed by atoms with Gasteiger partial charge in [-0.3, -0.25) is 0 Å². The lowest BCUT2D eigenvalue weighted by molar-refractivity contribution is -0.149. The van der Waals surface area contributed by atoms with Gasteiger partial charge in [-0.25, -0.2) is 4.79 Å². The van der Waals surface area contributed by atoms with Gasteiger partial charge >= 0.3 is 5.97 Å². The molecule has 0 heterocycles. The van der Waals surface area contributed by atoms with Gasteiger partial charge in [0.1, 0.15) is 12.4 Å². The van der Waals surface area contributed by atoms with Gasteiger partial charge in [0.05, 0.1) is 0 Å². The van der Waals surface area contributed by atoms with E-state index < -0.39 is 12.1 Å². The van der Waals surface area contributed by atoms with Crippen LogP contribution in [0.4, 0.5) is 0 Å². The SMILES string of the molecule is CCOC(Cc1ccc(OCCNCC2C=CC3=C(CCC=C3)c3ccccc32)cc1)C(=O)O. The number of rotatable bonds is 11. The molecule has 2 unspecified atom stereocenters. The van der Waals surface area contributed by atoms with Crippen molar-refractivity contribution in [3.63, 3.8) is 0 Å². The van der Waals surface area contributed by atoms with E-state index in [1.165, 1.54) is 22.3 Å². The van der Waals surface area contributed by atoms with Crippen molar-refractivity contribution in [2.75, 3.05) is 26.3 Å². The number of nitrogens with one attached hydrogen (secondary N) is 1. The van der Waals surface area contributed by atoms with Crippen LogP contribution >= 0.6 is 0 Å². The first kappa shape index (κ1) is 24.0. The summed E-state index contributed by atoms with van der Waals surface area (Å²) in [6.45, 7) is 4.34. The fourth-order valence-electron chi connectivity index (χ4n) is 4.58. The molecule has 178 valence electrons. The Bertz CT molecular complexity index is 1070. The summed E-state index contributed by atoms with van der Waals surface area (Å²) in [5.41, 5.74) is 6.47. The molecular formula is C29H33NO4. The van der Waals surface area contributed by atoms with Crippen molar-refractivity contribution in [3.05, 3.63) is 95.1 Å². The lowest BCUT2D eigenvalue weighted by Gasteiger charge is -2.19. The highest BCUT2D eigenvalue weighted by atomic mass is 16.5. The summed E-state index contributed by atoms with van der Waals surface area (Å²) in [4.78, 5) is 11.3. The van der Waals surface area contributed by atoms with Crippen LogP contribution in [0.5, 0.6) is 5.75 Å². The monoisotopic (exact) mass is 459 g/mol. The van der Waals surface area contributed by atoms with Crippen LogP contribution in [0.3, 0.4) is 0 Å². The molecule has 2 aliphatic carbocycles. The Hall–Kier alpha value is -3.15. The topological polar surface area (TPSA) is 67.8 Å². The standard InChI is InChI=1S/C29H33NO4/c1-2-33-28(29(31)32)19-21-11-15-24(16-12-21)34-18-17-30-20-23-14-13-22-7-3-4-8-25(22)27-10-6-5-9-26(23)27/h3,5-7,9-16,23,28,30H,2,4,8,17-20H2,1H3,(H,31,32). The van der Waals surface area contributed by atoms with Gasteiger partial charge in [-0.2, -0.15) is 0 Å². The molecular weight excluding hydrogens is 426 g/mol. The molecule has 0 amide bonds. The van der Waals surface area contributed by atoms with Crippen molar-refractivity contribution in [1.82, 2.24) is 5.32 Å². The summed E-state index contributed by atoms with van der Waals surface area (Å²) < 4.78 is 11.2. The second-order valence-corrected chi connectivity index (χ2v) is 8.61. The molecule has 4 rings (SSSR count). The first-order valence-electron chi connectivity index (χ1n) is 12.1. The van der Waals surface area contributed by atoms with E-state index >= 15 is 0 Å². The minimum Gasteiger partial charge on any atom is -0.492 e. The largest absolute Gasteiger partial charge is 0.492 e. The third kappa shape index (κ3) is 6.04. The second-order valence-electron chi connectivity index (χ2n) is 8.61. The van der Waals surface area contributed by atoms with Crippen LogP contribution in [0.2, 0.25) is 0 Å². The molecule has 5 heteroatoms. The van der Waals surface area contributed by atoms with E-state index in [0.717, 1.165) is 37.2 Å². The molecule has 0 fully saturated rings. The Balaban J connectivity index is 1.26. The average Bonchev–Trinajstić information content (AvgIpc) is 3.02. The van der Waals surface area contributed by atoms with Crippen molar-refractivity contribution >= 4 is 11.5 Å². The third-order valence-electron chi connectivity index (χ3n) is 6.30. The highest BCUT2D eigenvalue weighted by molar-refractivity contribution is 5.78. The minimum absolute atomic E-state index is 0.321. The Morgan fingerprint density at radius 3 is 2.76 bits per heavy atom. The Morgan fingerprint density at radius 2 is 1.97 bits per heavy atom. The number of allylic oxidation sites excluding steroid dienone is 5. The van der Waals surface area contributed by atoms with Crippen LogP contribution < -0.4 is 10.1 Å². The van der Waals surface area contributed by atoms with Crippen molar-refractivity contribution < 1.29 is 19.4 Å². The summed E-state index contributed by atoms with van der Waals surface area (Å²) in [5.74, 6) is 0.158. The number of carboxylic acid groups (broad SMARTS) is 1. The van der Waals surface area contributed by atoms with E-state index in [1.807, 2.05) is 24.3 Å². The first-order valence-corrected chi connectivity index (χ1v) is 12.1. The second kappa shape index (κ2) is 11.8. The number of benzene rings is 2. The molecule has 0 spiro atoms. The molecule has 0 saturated carbocycles. The van der Waals surface area contributed by atoms with Gasteiger partial charge < -0.3 is 19.9 Å². The lowest BCUT2D eigenvalue weighted by Crippen LogP contribution is -2.26. The number of hydrogen-bond donors (Lipinski definition) is 2. The van der Waals surface area contributed by atoms with Crippen molar-refractivity contribution in [2.24, 2.45) is 0 Å². The van der Waals surface area contributed by atoms with Gasteiger partial charge in [-0.1, -0.05) is 60.7 Å².